The molecule has 1 atom stereocenters. The van der Waals surface area contributed by atoms with Crippen molar-refractivity contribution in [1.82, 2.24) is 4.90 Å². The van der Waals surface area contributed by atoms with Gasteiger partial charge in [-0.2, -0.15) is 0 Å². The van der Waals surface area contributed by atoms with E-state index in [1.165, 1.54) is 0 Å². The molecule has 1 N–H and O–H groups in total. The van der Waals surface area contributed by atoms with E-state index >= 15 is 0 Å². The Hall–Kier alpha value is -1.55. The van der Waals surface area contributed by atoms with Gasteiger partial charge < -0.3 is 14.7 Å². The number of carbonyl (C=O) groups excluding carboxylic acids is 1. The third-order valence-corrected chi connectivity index (χ3v) is 2.84. The van der Waals surface area contributed by atoms with E-state index < -0.39 is 0 Å². The summed E-state index contributed by atoms with van der Waals surface area (Å²) in [6.45, 7) is 1.50. The van der Waals surface area contributed by atoms with Crippen molar-refractivity contribution in [3.63, 3.8) is 0 Å². The number of likely N-dealkylation sites (tertiary alicyclic amines) is 1. The number of ether oxygens (including phenoxy) is 1. The van der Waals surface area contributed by atoms with E-state index in [2.05, 4.69) is 0 Å². The molecule has 4 heteroatoms. The molecule has 0 bridgehead atoms. The van der Waals surface area contributed by atoms with Crippen molar-refractivity contribution in [2.45, 2.75) is 18.9 Å². The monoisotopic (exact) mass is 235 g/mol. The van der Waals surface area contributed by atoms with E-state index in [4.69, 9.17) is 4.74 Å². The fraction of sp³-hybridized carbons (Fsp3) is 0.462. The molecular formula is C13H17NO3. The zero-order chi connectivity index (χ0) is 12.1. The molecule has 1 unspecified atom stereocenters. The van der Waals surface area contributed by atoms with Gasteiger partial charge in [-0.25, -0.2) is 0 Å². The van der Waals surface area contributed by atoms with Gasteiger partial charge in [-0.15, -0.1) is 0 Å². The lowest BCUT2D eigenvalue weighted by molar-refractivity contribution is -0.131. The maximum absolute atomic E-state index is 11.7. The summed E-state index contributed by atoms with van der Waals surface area (Å²) in [4.78, 5) is 13.4. The topological polar surface area (TPSA) is 49.8 Å². The average molecular weight is 235 g/mol. The molecule has 1 aromatic rings. The number of hydrogen-bond acceptors (Lipinski definition) is 3. The molecule has 4 nitrogen and oxygen atoms in total. The van der Waals surface area contributed by atoms with Gasteiger partial charge in [-0.1, -0.05) is 18.2 Å². The highest BCUT2D eigenvalue weighted by Gasteiger charge is 2.23. The van der Waals surface area contributed by atoms with Crippen LogP contribution in [0.15, 0.2) is 30.3 Å². The van der Waals surface area contributed by atoms with Crippen LogP contribution in [0.5, 0.6) is 5.75 Å². The zero-order valence-electron chi connectivity index (χ0n) is 9.71. The quantitative estimate of drug-likeness (QED) is 0.848. The molecule has 0 spiro atoms. The first kappa shape index (κ1) is 11.9. The molecule has 0 saturated carbocycles. The van der Waals surface area contributed by atoms with E-state index in [9.17, 15) is 9.90 Å². The first-order valence-corrected chi connectivity index (χ1v) is 5.89. The number of rotatable bonds is 4. The smallest absolute Gasteiger partial charge is 0.226 e. The molecule has 1 saturated heterocycles. The molecule has 1 heterocycles. The van der Waals surface area contributed by atoms with Crippen molar-refractivity contribution in [1.29, 1.82) is 0 Å². The van der Waals surface area contributed by atoms with Crippen molar-refractivity contribution in [2.75, 3.05) is 19.7 Å². The number of benzene rings is 1. The number of aliphatic hydroxyl groups excluding tert-OH is 1. The lowest BCUT2D eigenvalue weighted by Gasteiger charge is -2.15. The van der Waals surface area contributed by atoms with Crippen LogP contribution in [0.25, 0.3) is 0 Å². The Balaban J connectivity index is 1.70. The van der Waals surface area contributed by atoms with E-state index in [0.29, 0.717) is 32.5 Å². The van der Waals surface area contributed by atoms with Crippen LogP contribution in [0.3, 0.4) is 0 Å². The van der Waals surface area contributed by atoms with E-state index in [1.54, 1.807) is 4.90 Å². The third-order valence-electron chi connectivity index (χ3n) is 2.84. The van der Waals surface area contributed by atoms with Crippen LogP contribution in [0.2, 0.25) is 0 Å². The highest BCUT2D eigenvalue weighted by Crippen LogP contribution is 2.11. The summed E-state index contributed by atoms with van der Waals surface area (Å²) in [6.07, 6.45) is 0.696. The number of hydrogen-bond donors (Lipinski definition) is 1. The largest absolute Gasteiger partial charge is 0.493 e. The summed E-state index contributed by atoms with van der Waals surface area (Å²) in [7, 11) is 0. The lowest BCUT2D eigenvalue weighted by Crippen LogP contribution is -2.30. The van der Waals surface area contributed by atoms with Gasteiger partial charge in [0.1, 0.15) is 5.75 Å². The number of aliphatic hydroxyl groups is 1. The molecule has 1 aromatic carbocycles. The molecule has 0 aromatic heterocycles. The Morgan fingerprint density at radius 1 is 1.41 bits per heavy atom. The van der Waals surface area contributed by atoms with Crippen molar-refractivity contribution in [3.05, 3.63) is 30.3 Å². The van der Waals surface area contributed by atoms with Crippen molar-refractivity contribution >= 4 is 5.91 Å². The predicted octanol–water partition coefficient (Wildman–Crippen LogP) is 1.05. The molecule has 2 rings (SSSR count). The first-order chi connectivity index (χ1) is 8.25. The maximum atomic E-state index is 11.7. The van der Waals surface area contributed by atoms with Gasteiger partial charge in [-0.05, 0) is 18.6 Å². The summed E-state index contributed by atoms with van der Waals surface area (Å²) >= 11 is 0. The summed E-state index contributed by atoms with van der Waals surface area (Å²) < 4.78 is 5.45. The molecule has 1 fully saturated rings. The van der Waals surface area contributed by atoms with Crippen LogP contribution in [0, 0.1) is 0 Å². The minimum absolute atomic E-state index is 0.0532. The van der Waals surface area contributed by atoms with E-state index in [1.807, 2.05) is 30.3 Å². The molecule has 1 aliphatic rings. The molecule has 0 aliphatic carbocycles. The minimum Gasteiger partial charge on any atom is -0.493 e. The van der Waals surface area contributed by atoms with Gasteiger partial charge in [0.2, 0.25) is 5.91 Å². The van der Waals surface area contributed by atoms with E-state index in [-0.39, 0.29) is 12.0 Å². The van der Waals surface area contributed by atoms with Gasteiger partial charge in [-0.3, -0.25) is 4.79 Å². The normalized spacial score (nSPS) is 19.4. The lowest BCUT2D eigenvalue weighted by atomic mass is 10.3. The first-order valence-electron chi connectivity index (χ1n) is 5.89. The second-order valence-electron chi connectivity index (χ2n) is 4.19. The highest BCUT2D eigenvalue weighted by atomic mass is 16.5. The molecule has 1 amide bonds. The molecule has 0 radical (unpaired) electrons. The fourth-order valence-corrected chi connectivity index (χ4v) is 1.90. The third kappa shape index (κ3) is 3.46. The van der Waals surface area contributed by atoms with Crippen molar-refractivity contribution in [3.8, 4) is 5.75 Å². The summed E-state index contributed by atoms with van der Waals surface area (Å²) in [5, 5.41) is 9.33. The van der Waals surface area contributed by atoms with E-state index in [0.717, 1.165) is 5.75 Å². The van der Waals surface area contributed by atoms with Crippen LogP contribution in [-0.4, -0.2) is 41.7 Å². The molecule has 17 heavy (non-hydrogen) atoms. The SMILES string of the molecule is O=C(CCOc1ccccc1)N1CCC(O)C1. The number of nitrogens with zero attached hydrogens (tertiary/aromatic N) is 1. The average Bonchev–Trinajstić information content (AvgIpc) is 2.77. The Bertz CT molecular complexity index is 366. The van der Waals surface area contributed by atoms with Gasteiger partial charge in [0.05, 0.1) is 19.1 Å². The minimum atomic E-state index is -0.353. The standard InChI is InChI=1S/C13H17NO3/c15-11-6-8-14(10-11)13(16)7-9-17-12-4-2-1-3-5-12/h1-5,11,15H,6-10H2. The van der Waals surface area contributed by atoms with Crippen LogP contribution < -0.4 is 4.74 Å². The van der Waals surface area contributed by atoms with Gasteiger partial charge in [0.15, 0.2) is 0 Å². The summed E-state index contributed by atoms with van der Waals surface area (Å²) in [5.74, 6) is 0.833. The highest BCUT2D eigenvalue weighted by molar-refractivity contribution is 5.76. The number of amides is 1. The Morgan fingerprint density at radius 2 is 2.18 bits per heavy atom. The number of carbonyl (C=O) groups is 1. The van der Waals surface area contributed by atoms with Crippen molar-refractivity contribution < 1.29 is 14.6 Å². The summed E-state index contributed by atoms with van der Waals surface area (Å²) in [6, 6.07) is 9.44. The number of β-amino-alcohol motifs (C(OH)–C–C–N with tert-alkyl or cyclic N) is 1. The second-order valence-corrected chi connectivity index (χ2v) is 4.19. The number of para-hydroxylation sites is 1. The Labute approximate surface area is 101 Å². The molecule has 92 valence electrons. The van der Waals surface area contributed by atoms with Crippen molar-refractivity contribution in [2.24, 2.45) is 0 Å². The van der Waals surface area contributed by atoms with Gasteiger partial charge >= 0.3 is 0 Å². The van der Waals surface area contributed by atoms with Gasteiger partial charge in [0, 0.05) is 13.1 Å². The molecule has 1 aliphatic heterocycles. The van der Waals surface area contributed by atoms with Crippen LogP contribution in [-0.2, 0) is 4.79 Å². The van der Waals surface area contributed by atoms with Crippen LogP contribution in [0.4, 0.5) is 0 Å². The zero-order valence-corrected chi connectivity index (χ0v) is 9.71. The predicted molar refractivity (Wildman–Crippen MR) is 63.8 cm³/mol. The van der Waals surface area contributed by atoms with Gasteiger partial charge in [0.25, 0.3) is 0 Å². The Kier molecular flexibility index (Phi) is 3.98. The Morgan fingerprint density at radius 3 is 2.82 bits per heavy atom. The summed E-state index contributed by atoms with van der Waals surface area (Å²) in [5.41, 5.74) is 0. The second kappa shape index (κ2) is 5.68. The fourth-order valence-electron chi connectivity index (χ4n) is 1.90. The van der Waals surface area contributed by atoms with Crippen LogP contribution in [0.1, 0.15) is 12.8 Å². The maximum Gasteiger partial charge on any atom is 0.226 e. The van der Waals surface area contributed by atoms with Crippen LogP contribution >= 0.6 is 0 Å². The molecular weight excluding hydrogens is 218 g/mol.